The number of piperazine rings is 1. The number of fused-ring (bicyclic) bond motifs is 1. The third-order valence-corrected chi connectivity index (χ3v) is 8.12. The summed E-state index contributed by atoms with van der Waals surface area (Å²) in [6.07, 6.45) is 3.21. The molecule has 3 fully saturated rings. The molecule has 34 heavy (non-hydrogen) atoms. The number of carbonyl (C=O) groups excluding carboxylic acids is 3. The largest absolute Gasteiger partial charge is 0.317 e. The van der Waals surface area contributed by atoms with Crippen molar-refractivity contribution in [2.45, 2.75) is 57.5 Å². The highest BCUT2D eigenvalue weighted by Gasteiger charge is 2.49. The lowest BCUT2D eigenvalue weighted by atomic mass is 9.85. The molecule has 8 nitrogen and oxygen atoms in total. The number of nitrogens with zero attached hydrogens (tertiary/aromatic N) is 3. The Labute approximate surface area is 202 Å². The van der Waals surface area contributed by atoms with Gasteiger partial charge in [-0.15, -0.1) is 0 Å². The molecule has 0 radical (unpaired) electrons. The molecule has 1 aromatic rings. The van der Waals surface area contributed by atoms with Crippen molar-refractivity contribution in [3.63, 3.8) is 0 Å². The number of piperidine rings is 2. The number of hydrogen-bond donors (Lipinski definition) is 2. The summed E-state index contributed by atoms with van der Waals surface area (Å²) in [6, 6.07) is 5.62. The Balaban J connectivity index is 1.24. The average Bonchev–Trinajstić information content (AvgIpc) is 3.01. The summed E-state index contributed by atoms with van der Waals surface area (Å²) in [6.45, 7) is 12.6. The van der Waals surface area contributed by atoms with Crippen LogP contribution in [-0.2, 0) is 26.3 Å². The van der Waals surface area contributed by atoms with Crippen LogP contribution in [0.4, 0.5) is 5.69 Å². The van der Waals surface area contributed by atoms with E-state index in [9.17, 15) is 14.4 Å². The van der Waals surface area contributed by atoms with Crippen LogP contribution >= 0.6 is 0 Å². The molecule has 4 aliphatic heterocycles. The summed E-state index contributed by atoms with van der Waals surface area (Å²) in [5.41, 5.74) is 2.29. The van der Waals surface area contributed by atoms with Crippen molar-refractivity contribution in [3.8, 4) is 0 Å². The molecule has 0 bridgehead atoms. The Morgan fingerprint density at radius 3 is 2.38 bits per heavy atom. The van der Waals surface area contributed by atoms with E-state index in [1.807, 2.05) is 19.9 Å². The molecule has 3 amide bonds. The minimum Gasteiger partial charge on any atom is -0.317 e. The van der Waals surface area contributed by atoms with Crippen molar-refractivity contribution in [3.05, 3.63) is 29.3 Å². The molecular weight excluding hydrogens is 430 g/mol. The van der Waals surface area contributed by atoms with Crippen LogP contribution in [0.1, 0.15) is 50.7 Å². The molecule has 184 valence electrons. The molecule has 0 saturated carbocycles. The van der Waals surface area contributed by atoms with E-state index in [0.717, 1.165) is 63.0 Å². The summed E-state index contributed by atoms with van der Waals surface area (Å²) in [5.74, 6) is 0.121. The summed E-state index contributed by atoms with van der Waals surface area (Å²) < 4.78 is 0. The fourth-order valence-electron chi connectivity index (χ4n) is 5.97. The first-order chi connectivity index (χ1) is 16.3. The molecule has 5 rings (SSSR count). The van der Waals surface area contributed by atoms with Crippen molar-refractivity contribution in [2.24, 2.45) is 5.92 Å². The SMILES string of the molecule is CC1(C)C(=O)N(C2CCC(=O)NC2=O)c2ccc(CN3CCN(CC4CCNCC4)CC3)cc21. The smallest absolute Gasteiger partial charge is 0.249 e. The molecule has 8 heteroatoms. The first kappa shape index (κ1) is 23.5. The maximum atomic E-state index is 13.4. The molecule has 3 saturated heterocycles. The van der Waals surface area contributed by atoms with Gasteiger partial charge in [-0.1, -0.05) is 12.1 Å². The number of benzene rings is 1. The minimum absolute atomic E-state index is 0.0688. The zero-order chi connectivity index (χ0) is 23.9. The molecule has 0 aromatic heterocycles. The molecule has 1 unspecified atom stereocenters. The first-order valence-corrected chi connectivity index (χ1v) is 12.8. The van der Waals surface area contributed by atoms with E-state index >= 15 is 0 Å². The van der Waals surface area contributed by atoms with E-state index in [0.29, 0.717) is 6.42 Å². The van der Waals surface area contributed by atoms with Gasteiger partial charge in [0.05, 0.1) is 5.41 Å². The molecule has 1 atom stereocenters. The van der Waals surface area contributed by atoms with Crippen molar-refractivity contribution < 1.29 is 14.4 Å². The molecule has 4 aliphatic rings. The van der Waals surface area contributed by atoms with E-state index in [2.05, 4.69) is 32.6 Å². The number of carbonyl (C=O) groups is 3. The van der Waals surface area contributed by atoms with Gasteiger partial charge in [0.25, 0.3) is 0 Å². The topological polar surface area (TPSA) is 85.0 Å². The highest BCUT2D eigenvalue weighted by molar-refractivity contribution is 6.13. The second-order valence-corrected chi connectivity index (χ2v) is 10.9. The van der Waals surface area contributed by atoms with E-state index in [1.165, 1.54) is 24.9 Å². The van der Waals surface area contributed by atoms with Crippen LogP contribution in [0.25, 0.3) is 0 Å². The molecule has 4 heterocycles. The Morgan fingerprint density at radius 2 is 1.68 bits per heavy atom. The Morgan fingerprint density at radius 1 is 0.971 bits per heavy atom. The summed E-state index contributed by atoms with van der Waals surface area (Å²) in [7, 11) is 0. The summed E-state index contributed by atoms with van der Waals surface area (Å²) in [4.78, 5) is 44.2. The van der Waals surface area contributed by atoms with Gasteiger partial charge in [-0.2, -0.15) is 0 Å². The van der Waals surface area contributed by atoms with E-state index < -0.39 is 11.5 Å². The monoisotopic (exact) mass is 467 g/mol. The van der Waals surface area contributed by atoms with Gasteiger partial charge in [-0.25, -0.2) is 0 Å². The predicted molar refractivity (Wildman–Crippen MR) is 130 cm³/mol. The van der Waals surface area contributed by atoms with Gasteiger partial charge in [-0.05, 0) is 69.3 Å². The van der Waals surface area contributed by atoms with Crippen molar-refractivity contribution in [1.29, 1.82) is 0 Å². The van der Waals surface area contributed by atoms with Crippen molar-refractivity contribution >= 4 is 23.4 Å². The normalized spacial score (nSPS) is 26.6. The first-order valence-electron chi connectivity index (χ1n) is 12.8. The molecule has 2 N–H and O–H groups in total. The zero-order valence-corrected chi connectivity index (χ0v) is 20.4. The van der Waals surface area contributed by atoms with Crippen LogP contribution in [0, 0.1) is 5.92 Å². The van der Waals surface area contributed by atoms with Gasteiger partial charge < -0.3 is 10.2 Å². The molecular formula is C26H37N5O3. The Hall–Kier alpha value is -2.29. The standard InChI is InChI=1S/C26H37N5O3/c1-26(2)20-15-19(17-30-13-11-29(12-14-30)16-18-7-9-27-10-8-18)3-4-21(20)31(25(26)34)22-5-6-23(32)28-24(22)33/h3-4,15,18,22,27H,5-14,16-17H2,1-2H3,(H,28,32,33). The van der Waals surface area contributed by atoms with Gasteiger partial charge >= 0.3 is 0 Å². The zero-order valence-electron chi connectivity index (χ0n) is 20.4. The average molecular weight is 468 g/mol. The van der Waals surface area contributed by atoms with Crippen LogP contribution < -0.4 is 15.5 Å². The van der Waals surface area contributed by atoms with Gasteiger partial charge in [0, 0.05) is 51.4 Å². The van der Waals surface area contributed by atoms with Gasteiger partial charge in [0.15, 0.2) is 0 Å². The number of nitrogens with one attached hydrogen (secondary N) is 2. The number of imide groups is 1. The maximum absolute atomic E-state index is 13.4. The lowest BCUT2D eigenvalue weighted by Crippen LogP contribution is -2.55. The van der Waals surface area contributed by atoms with Crippen LogP contribution in [0.5, 0.6) is 0 Å². The predicted octanol–water partition coefficient (Wildman–Crippen LogP) is 1.23. The van der Waals surface area contributed by atoms with E-state index in [4.69, 9.17) is 0 Å². The van der Waals surface area contributed by atoms with E-state index in [1.54, 1.807) is 4.90 Å². The number of hydrogen-bond acceptors (Lipinski definition) is 6. The van der Waals surface area contributed by atoms with E-state index in [-0.39, 0.29) is 24.1 Å². The second-order valence-electron chi connectivity index (χ2n) is 10.9. The number of amides is 3. The number of anilines is 1. The fourth-order valence-corrected chi connectivity index (χ4v) is 5.97. The summed E-state index contributed by atoms with van der Waals surface area (Å²) >= 11 is 0. The third-order valence-electron chi connectivity index (χ3n) is 8.12. The summed E-state index contributed by atoms with van der Waals surface area (Å²) in [5, 5.41) is 5.85. The fraction of sp³-hybridized carbons (Fsp3) is 0.654. The molecule has 0 spiro atoms. The van der Waals surface area contributed by atoms with Crippen LogP contribution in [-0.4, -0.2) is 79.4 Å². The lowest BCUT2D eigenvalue weighted by molar-refractivity contribution is -0.136. The third kappa shape index (κ3) is 4.51. The van der Waals surface area contributed by atoms with Crippen LogP contribution in [0.2, 0.25) is 0 Å². The van der Waals surface area contributed by atoms with Gasteiger partial charge in [0.2, 0.25) is 17.7 Å². The maximum Gasteiger partial charge on any atom is 0.249 e. The second kappa shape index (κ2) is 9.40. The van der Waals surface area contributed by atoms with Gasteiger partial charge in [0.1, 0.15) is 6.04 Å². The van der Waals surface area contributed by atoms with Crippen molar-refractivity contribution in [1.82, 2.24) is 20.4 Å². The number of rotatable bonds is 5. The van der Waals surface area contributed by atoms with Crippen molar-refractivity contribution in [2.75, 3.05) is 50.7 Å². The molecule has 1 aromatic carbocycles. The lowest BCUT2D eigenvalue weighted by Gasteiger charge is -2.37. The Kier molecular flexibility index (Phi) is 6.48. The van der Waals surface area contributed by atoms with Crippen LogP contribution in [0.3, 0.4) is 0 Å². The quantitative estimate of drug-likeness (QED) is 0.634. The highest BCUT2D eigenvalue weighted by Crippen LogP contribution is 2.44. The minimum atomic E-state index is -0.694. The highest BCUT2D eigenvalue weighted by atomic mass is 16.2. The Bertz CT molecular complexity index is 963. The molecule has 0 aliphatic carbocycles. The van der Waals surface area contributed by atoms with Gasteiger partial charge in [-0.3, -0.25) is 29.5 Å². The van der Waals surface area contributed by atoms with Crippen LogP contribution in [0.15, 0.2) is 18.2 Å².